The summed E-state index contributed by atoms with van der Waals surface area (Å²) in [5, 5.41) is 6.19. The van der Waals surface area contributed by atoms with Gasteiger partial charge >= 0.3 is 0 Å². The van der Waals surface area contributed by atoms with Gasteiger partial charge in [0.15, 0.2) is 0 Å². The van der Waals surface area contributed by atoms with Crippen LogP contribution in [0.3, 0.4) is 0 Å². The third kappa shape index (κ3) is 4.94. The molecule has 2 atom stereocenters. The smallest absolute Gasteiger partial charge is 0.249 e. The molecule has 2 unspecified atom stereocenters. The number of amides is 1. The fraction of sp³-hybridized carbons (Fsp3) is 0.917. The topological polar surface area (TPSA) is 50.4 Å². The first-order chi connectivity index (χ1) is 7.59. The van der Waals surface area contributed by atoms with Crippen molar-refractivity contribution in [2.45, 2.75) is 45.8 Å². The van der Waals surface area contributed by atoms with Crippen molar-refractivity contribution in [1.29, 1.82) is 0 Å². The summed E-state index contributed by atoms with van der Waals surface area (Å²) >= 11 is 0. The van der Waals surface area contributed by atoms with Crippen molar-refractivity contribution in [3.05, 3.63) is 0 Å². The average Bonchev–Trinajstić information content (AvgIpc) is 2.26. The van der Waals surface area contributed by atoms with Crippen LogP contribution in [0.5, 0.6) is 0 Å². The molecule has 1 amide bonds. The summed E-state index contributed by atoms with van der Waals surface area (Å²) in [5.41, 5.74) is 0. The molecule has 1 fully saturated rings. The highest BCUT2D eigenvalue weighted by Gasteiger charge is 2.18. The van der Waals surface area contributed by atoms with Crippen LogP contribution in [0, 0.1) is 5.92 Å². The Labute approximate surface area is 98.1 Å². The predicted molar refractivity (Wildman–Crippen MR) is 64.3 cm³/mol. The largest absolute Gasteiger partial charge is 0.368 e. The lowest BCUT2D eigenvalue weighted by atomic mass is 10.0. The van der Waals surface area contributed by atoms with Crippen molar-refractivity contribution in [1.82, 2.24) is 10.6 Å². The molecule has 4 nitrogen and oxygen atoms in total. The highest BCUT2D eigenvalue weighted by molar-refractivity contribution is 5.80. The van der Waals surface area contributed by atoms with Crippen LogP contribution in [0.15, 0.2) is 0 Å². The Balaban J connectivity index is 2.17. The van der Waals surface area contributed by atoms with Crippen LogP contribution in [0.1, 0.15) is 33.6 Å². The van der Waals surface area contributed by atoms with Gasteiger partial charge in [0.05, 0.1) is 6.61 Å². The molecule has 0 spiro atoms. The number of carbonyl (C=O) groups is 1. The number of hydrogen-bond donors (Lipinski definition) is 2. The molecule has 1 aliphatic heterocycles. The van der Waals surface area contributed by atoms with Gasteiger partial charge in [0, 0.05) is 12.6 Å². The lowest BCUT2D eigenvalue weighted by Gasteiger charge is -2.24. The van der Waals surface area contributed by atoms with Gasteiger partial charge in [0.1, 0.15) is 6.10 Å². The van der Waals surface area contributed by atoms with E-state index < -0.39 is 0 Å². The second-order valence-corrected chi connectivity index (χ2v) is 4.85. The van der Waals surface area contributed by atoms with E-state index in [2.05, 4.69) is 10.6 Å². The normalized spacial score (nSPS) is 23.1. The molecular weight excluding hydrogens is 204 g/mol. The quantitative estimate of drug-likeness (QED) is 0.735. The Morgan fingerprint density at radius 2 is 2.25 bits per heavy atom. The first-order valence-electron chi connectivity index (χ1n) is 6.22. The molecule has 1 aliphatic rings. The first-order valence-corrected chi connectivity index (χ1v) is 6.22. The maximum absolute atomic E-state index is 11.6. The van der Waals surface area contributed by atoms with E-state index in [9.17, 15) is 4.79 Å². The van der Waals surface area contributed by atoms with Crippen molar-refractivity contribution in [3.63, 3.8) is 0 Å². The molecular formula is C12H24N2O2. The molecule has 0 aromatic rings. The van der Waals surface area contributed by atoms with E-state index in [0.717, 1.165) is 13.1 Å². The zero-order valence-corrected chi connectivity index (χ0v) is 10.6. The molecule has 0 radical (unpaired) electrons. The third-order valence-corrected chi connectivity index (χ3v) is 2.78. The lowest BCUT2D eigenvalue weighted by Crippen LogP contribution is -2.40. The Hall–Kier alpha value is -0.610. The number of carbonyl (C=O) groups excluding carboxylic acids is 1. The Kier molecular flexibility index (Phi) is 5.77. The van der Waals surface area contributed by atoms with Crippen LogP contribution in [0.25, 0.3) is 0 Å². The van der Waals surface area contributed by atoms with E-state index in [4.69, 9.17) is 4.74 Å². The fourth-order valence-corrected chi connectivity index (χ4v) is 1.82. The molecule has 4 heteroatoms. The van der Waals surface area contributed by atoms with Gasteiger partial charge in [0.2, 0.25) is 5.91 Å². The number of piperidine rings is 1. The van der Waals surface area contributed by atoms with E-state index >= 15 is 0 Å². The third-order valence-electron chi connectivity index (χ3n) is 2.78. The highest BCUT2D eigenvalue weighted by Crippen LogP contribution is 2.11. The monoisotopic (exact) mass is 228 g/mol. The minimum Gasteiger partial charge on any atom is -0.368 e. The molecule has 0 saturated carbocycles. The zero-order chi connectivity index (χ0) is 12.0. The highest BCUT2D eigenvalue weighted by atomic mass is 16.5. The summed E-state index contributed by atoms with van der Waals surface area (Å²) in [4.78, 5) is 11.6. The molecule has 0 aromatic heterocycles. The molecule has 2 N–H and O–H groups in total. The van der Waals surface area contributed by atoms with Crippen LogP contribution in [0.4, 0.5) is 0 Å². The summed E-state index contributed by atoms with van der Waals surface area (Å²) in [6, 6.07) is 0.176. The van der Waals surface area contributed by atoms with E-state index in [1.54, 1.807) is 0 Å². The van der Waals surface area contributed by atoms with E-state index in [1.165, 1.54) is 12.8 Å². The molecule has 1 heterocycles. The van der Waals surface area contributed by atoms with Gasteiger partial charge in [-0.15, -0.1) is 0 Å². The van der Waals surface area contributed by atoms with Crippen LogP contribution >= 0.6 is 0 Å². The minimum atomic E-state index is -0.343. The van der Waals surface area contributed by atoms with Crippen molar-refractivity contribution in [3.8, 4) is 0 Å². The molecule has 0 aliphatic carbocycles. The second kappa shape index (κ2) is 6.86. The van der Waals surface area contributed by atoms with Crippen molar-refractivity contribution in [2.24, 2.45) is 5.92 Å². The van der Waals surface area contributed by atoms with Gasteiger partial charge in [-0.1, -0.05) is 0 Å². The number of hydrogen-bond acceptors (Lipinski definition) is 3. The summed E-state index contributed by atoms with van der Waals surface area (Å²) < 4.78 is 5.59. The van der Waals surface area contributed by atoms with Crippen molar-refractivity contribution < 1.29 is 9.53 Å². The number of rotatable bonds is 5. The van der Waals surface area contributed by atoms with Crippen LogP contribution in [-0.2, 0) is 9.53 Å². The van der Waals surface area contributed by atoms with Gasteiger partial charge in [-0.3, -0.25) is 4.79 Å². The van der Waals surface area contributed by atoms with Crippen LogP contribution in [-0.4, -0.2) is 37.7 Å². The van der Waals surface area contributed by atoms with Crippen molar-refractivity contribution in [2.75, 3.05) is 19.7 Å². The number of ether oxygens (including phenoxy) is 1. The first kappa shape index (κ1) is 13.5. The Bertz CT molecular complexity index is 213. The molecule has 16 heavy (non-hydrogen) atoms. The molecule has 94 valence electrons. The van der Waals surface area contributed by atoms with Crippen molar-refractivity contribution >= 4 is 5.91 Å². The summed E-state index contributed by atoms with van der Waals surface area (Å²) in [7, 11) is 0. The fourth-order valence-electron chi connectivity index (χ4n) is 1.82. The van der Waals surface area contributed by atoms with Gasteiger partial charge < -0.3 is 15.4 Å². The Morgan fingerprint density at radius 1 is 1.50 bits per heavy atom. The zero-order valence-electron chi connectivity index (χ0n) is 10.6. The van der Waals surface area contributed by atoms with Gasteiger partial charge in [-0.25, -0.2) is 0 Å². The molecule has 0 aromatic carbocycles. The van der Waals surface area contributed by atoms with E-state index in [0.29, 0.717) is 12.5 Å². The lowest BCUT2D eigenvalue weighted by molar-refractivity contribution is -0.133. The van der Waals surface area contributed by atoms with Crippen LogP contribution in [0.2, 0.25) is 0 Å². The van der Waals surface area contributed by atoms with Gasteiger partial charge in [-0.05, 0) is 46.1 Å². The van der Waals surface area contributed by atoms with E-state index in [-0.39, 0.29) is 18.1 Å². The maximum Gasteiger partial charge on any atom is 0.249 e. The standard InChI is InChI=1S/C12H24N2O2/c1-9(2)14-12(15)10(3)16-8-11-5-4-6-13-7-11/h9-11,13H,4-8H2,1-3H3,(H,14,15). The summed E-state index contributed by atoms with van der Waals surface area (Å²) in [6.07, 6.45) is 2.07. The maximum atomic E-state index is 11.6. The summed E-state index contributed by atoms with van der Waals surface area (Å²) in [6.45, 7) is 8.53. The second-order valence-electron chi connectivity index (χ2n) is 4.85. The Morgan fingerprint density at radius 3 is 2.81 bits per heavy atom. The average molecular weight is 228 g/mol. The molecule has 0 bridgehead atoms. The number of nitrogens with one attached hydrogen (secondary N) is 2. The molecule has 1 saturated heterocycles. The van der Waals surface area contributed by atoms with Gasteiger partial charge in [0.25, 0.3) is 0 Å². The van der Waals surface area contributed by atoms with E-state index in [1.807, 2.05) is 20.8 Å². The summed E-state index contributed by atoms with van der Waals surface area (Å²) in [5.74, 6) is 0.543. The molecule has 1 rings (SSSR count). The SMILES string of the molecule is CC(C)NC(=O)C(C)OCC1CCCNC1. The minimum absolute atomic E-state index is 0.0150. The van der Waals surface area contributed by atoms with Crippen LogP contribution < -0.4 is 10.6 Å². The van der Waals surface area contributed by atoms with Gasteiger partial charge in [-0.2, -0.15) is 0 Å². The predicted octanol–water partition coefficient (Wildman–Crippen LogP) is 0.916.